The van der Waals surface area contributed by atoms with Gasteiger partial charge in [-0.15, -0.1) is 23.1 Å². The summed E-state index contributed by atoms with van der Waals surface area (Å²) in [6.07, 6.45) is 0. The largest absolute Gasteiger partial charge is 0.490 e. The Bertz CT molecular complexity index is 718. The molecule has 23 heavy (non-hydrogen) atoms. The number of nitrogens with zero attached hydrogens (tertiary/aromatic N) is 2. The number of carbonyl (C=O) groups is 1. The number of nitro benzene ring substituents is 1. The minimum Gasteiger partial charge on any atom is -0.490 e. The molecule has 1 aromatic heterocycles. The average molecular weight is 353 g/mol. The molecule has 1 amide bonds. The van der Waals surface area contributed by atoms with E-state index in [-0.39, 0.29) is 23.1 Å². The van der Waals surface area contributed by atoms with E-state index in [2.05, 4.69) is 10.3 Å². The van der Waals surface area contributed by atoms with Crippen LogP contribution in [0.25, 0.3) is 0 Å². The van der Waals surface area contributed by atoms with Crippen LogP contribution in [0.15, 0.2) is 23.6 Å². The Morgan fingerprint density at radius 3 is 2.91 bits per heavy atom. The molecule has 9 heteroatoms. The number of amides is 1. The molecule has 122 valence electrons. The fourth-order valence-electron chi connectivity index (χ4n) is 1.80. The first kappa shape index (κ1) is 17.2. The van der Waals surface area contributed by atoms with Crippen molar-refractivity contribution < 1.29 is 14.5 Å². The maximum atomic E-state index is 11.8. The molecule has 0 spiro atoms. The number of thiazole rings is 1. The van der Waals surface area contributed by atoms with E-state index in [1.54, 1.807) is 12.1 Å². The minimum absolute atomic E-state index is 0.0756. The zero-order valence-corrected chi connectivity index (χ0v) is 14.2. The summed E-state index contributed by atoms with van der Waals surface area (Å²) in [6, 6.07) is 4.78. The number of carbonyl (C=O) groups excluding carboxylic acids is 1. The molecule has 0 unspecified atom stereocenters. The quantitative estimate of drug-likeness (QED) is 0.606. The van der Waals surface area contributed by atoms with E-state index in [4.69, 9.17) is 4.74 Å². The summed E-state index contributed by atoms with van der Waals surface area (Å²) in [7, 11) is 1.39. The lowest BCUT2D eigenvalue weighted by Gasteiger charge is -2.05. The molecule has 1 aromatic carbocycles. The van der Waals surface area contributed by atoms with Gasteiger partial charge in [-0.2, -0.15) is 0 Å². The van der Waals surface area contributed by atoms with Crippen molar-refractivity contribution in [1.82, 2.24) is 4.98 Å². The molecule has 0 aliphatic carbocycles. The number of benzene rings is 1. The number of hydrogen-bond donors (Lipinski definition) is 1. The number of rotatable bonds is 7. The molecule has 2 aromatic rings. The zero-order valence-electron chi connectivity index (χ0n) is 12.6. The van der Waals surface area contributed by atoms with Crippen molar-refractivity contribution in [1.29, 1.82) is 0 Å². The molecule has 0 aliphatic rings. The fraction of sp³-hybridized carbons (Fsp3) is 0.286. The van der Waals surface area contributed by atoms with Crippen LogP contribution >= 0.6 is 23.1 Å². The van der Waals surface area contributed by atoms with Crippen LogP contribution in [-0.2, 0) is 10.5 Å². The number of ether oxygens (including phenoxy) is 1. The number of nitrogens with one attached hydrogen (secondary N) is 1. The smallest absolute Gasteiger partial charge is 0.311 e. The van der Waals surface area contributed by atoms with Gasteiger partial charge in [-0.25, -0.2) is 4.98 Å². The summed E-state index contributed by atoms with van der Waals surface area (Å²) >= 11 is 2.75. The fourth-order valence-corrected chi connectivity index (χ4v) is 3.28. The highest BCUT2D eigenvalue weighted by Crippen LogP contribution is 2.29. The Morgan fingerprint density at radius 2 is 2.30 bits per heavy atom. The van der Waals surface area contributed by atoms with Gasteiger partial charge in [-0.3, -0.25) is 14.9 Å². The van der Waals surface area contributed by atoms with Gasteiger partial charge in [0.2, 0.25) is 5.91 Å². The molecule has 0 saturated carbocycles. The number of aryl methyl sites for hydroxylation is 1. The van der Waals surface area contributed by atoms with Crippen molar-refractivity contribution in [3.63, 3.8) is 0 Å². The first-order valence-electron chi connectivity index (χ1n) is 6.60. The maximum absolute atomic E-state index is 11.8. The lowest BCUT2D eigenvalue weighted by molar-refractivity contribution is -0.385. The monoisotopic (exact) mass is 353 g/mol. The summed E-state index contributed by atoms with van der Waals surface area (Å²) in [6.45, 7) is 1.86. The minimum atomic E-state index is -0.482. The van der Waals surface area contributed by atoms with E-state index in [1.165, 1.54) is 36.3 Å². The highest BCUT2D eigenvalue weighted by atomic mass is 32.2. The molecular weight excluding hydrogens is 338 g/mol. The van der Waals surface area contributed by atoms with E-state index in [0.717, 1.165) is 11.3 Å². The van der Waals surface area contributed by atoms with Crippen LogP contribution in [0.2, 0.25) is 0 Å². The molecule has 2 rings (SSSR count). The van der Waals surface area contributed by atoms with Crippen LogP contribution in [0, 0.1) is 17.0 Å². The number of methoxy groups -OCH3 is 1. The Morgan fingerprint density at radius 1 is 1.52 bits per heavy atom. The summed E-state index contributed by atoms with van der Waals surface area (Å²) in [4.78, 5) is 26.4. The van der Waals surface area contributed by atoms with E-state index in [0.29, 0.717) is 10.9 Å². The van der Waals surface area contributed by atoms with Gasteiger partial charge in [0.05, 0.1) is 23.5 Å². The van der Waals surface area contributed by atoms with Crippen molar-refractivity contribution in [3.8, 4) is 5.75 Å². The number of hydrogen-bond acceptors (Lipinski definition) is 7. The Hall–Kier alpha value is -2.13. The topological polar surface area (TPSA) is 94.4 Å². The van der Waals surface area contributed by atoms with Gasteiger partial charge in [0, 0.05) is 17.2 Å². The van der Waals surface area contributed by atoms with Gasteiger partial charge in [-0.1, -0.05) is 6.07 Å². The number of thioether (sulfide) groups is 1. The molecule has 0 aliphatic heterocycles. The molecule has 0 fully saturated rings. The lowest BCUT2D eigenvalue weighted by atomic mass is 10.2. The van der Waals surface area contributed by atoms with Gasteiger partial charge >= 0.3 is 5.69 Å². The predicted octanol–water partition coefficient (Wildman–Crippen LogP) is 3.24. The maximum Gasteiger partial charge on any atom is 0.311 e. The first-order chi connectivity index (χ1) is 11.0. The van der Waals surface area contributed by atoms with Crippen LogP contribution in [0.4, 0.5) is 10.8 Å². The van der Waals surface area contributed by atoms with Crippen LogP contribution in [0.5, 0.6) is 5.75 Å². The first-order valence-corrected chi connectivity index (χ1v) is 8.64. The van der Waals surface area contributed by atoms with E-state index >= 15 is 0 Å². The second-order valence-electron chi connectivity index (χ2n) is 4.60. The Labute approximate surface area is 141 Å². The molecule has 0 radical (unpaired) electrons. The van der Waals surface area contributed by atoms with Gasteiger partial charge in [0.25, 0.3) is 0 Å². The summed E-state index contributed by atoms with van der Waals surface area (Å²) < 4.78 is 4.95. The van der Waals surface area contributed by atoms with Crippen molar-refractivity contribution in [3.05, 3.63) is 45.0 Å². The molecule has 0 atom stereocenters. The van der Waals surface area contributed by atoms with Gasteiger partial charge < -0.3 is 10.1 Å². The second-order valence-corrected chi connectivity index (χ2v) is 6.44. The third-order valence-corrected chi connectivity index (χ3v) is 4.69. The Kier molecular flexibility index (Phi) is 5.94. The van der Waals surface area contributed by atoms with Crippen molar-refractivity contribution in [2.45, 2.75) is 12.7 Å². The van der Waals surface area contributed by atoms with E-state index < -0.39 is 4.92 Å². The summed E-state index contributed by atoms with van der Waals surface area (Å²) in [5.41, 5.74) is 1.55. The van der Waals surface area contributed by atoms with Crippen molar-refractivity contribution >= 4 is 39.8 Å². The third-order valence-electron chi connectivity index (χ3n) is 2.81. The second kappa shape index (κ2) is 7.93. The summed E-state index contributed by atoms with van der Waals surface area (Å²) in [5, 5.41) is 16.1. The van der Waals surface area contributed by atoms with Crippen molar-refractivity contribution in [2.24, 2.45) is 0 Å². The standard InChI is InChI=1S/C14H15N3O4S2/c1-9-6-23-14(15-9)16-13(18)8-22-7-10-3-4-12(21-2)11(5-10)17(19)20/h3-6H,7-8H2,1-2H3,(H,15,16,18). The SMILES string of the molecule is COc1ccc(CSCC(=O)Nc2nc(C)cs2)cc1[N+](=O)[O-]. The number of aromatic nitrogens is 1. The predicted molar refractivity (Wildman–Crippen MR) is 91.3 cm³/mol. The van der Waals surface area contributed by atoms with Crippen LogP contribution in [0.3, 0.4) is 0 Å². The highest BCUT2D eigenvalue weighted by Gasteiger charge is 2.15. The summed E-state index contributed by atoms with van der Waals surface area (Å²) in [5.74, 6) is 0.821. The normalized spacial score (nSPS) is 10.3. The molecule has 7 nitrogen and oxygen atoms in total. The molecular formula is C14H15N3O4S2. The molecule has 0 saturated heterocycles. The van der Waals surface area contributed by atoms with Gasteiger partial charge in [0.15, 0.2) is 10.9 Å². The molecule has 1 N–H and O–H groups in total. The Balaban J connectivity index is 1.87. The van der Waals surface area contributed by atoms with Gasteiger partial charge in [0.1, 0.15) is 0 Å². The number of anilines is 1. The van der Waals surface area contributed by atoms with E-state index in [1.807, 2.05) is 12.3 Å². The lowest BCUT2D eigenvalue weighted by Crippen LogP contribution is -2.14. The van der Waals surface area contributed by atoms with Crippen molar-refractivity contribution in [2.75, 3.05) is 18.2 Å². The average Bonchev–Trinajstić information content (AvgIpc) is 2.92. The van der Waals surface area contributed by atoms with Gasteiger partial charge in [-0.05, 0) is 18.6 Å². The molecule has 1 heterocycles. The zero-order chi connectivity index (χ0) is 16.8. The molecule has 0 bridgehead atoms. The van der Waals surface area contributed by atoms with Crippen LogP contribution < -0.4 is 10.1 Å². The third kappa shape index (κ3) is 4.93. The van der Waals surface area contributed by atoms with E-state index in [9.17, 15) is 14.9 Å². The number of nitro groups is 1. The highest BCUT2D eigenvalue weighted by molar-refractivity contribution is 7.99. The van der Waals surface area contributed by atoms with Crippen LogP contribution in [0.1, 0.15) is 11.3 Å². The van der Waals surface area contributed by atoms with Crippen LogP contribution in [-0.4, -0.2) is 28.7 Å².